The quantitative estimate of drug-likeness (QED) is 0.456. The molecule has 1 aromatic carbocycles. The molecule has 1 saturated heterocycles. The van der Waals surface area contributed by atoms with Crippen molar-refractivity contribution in [1.29, 1.82) is 0 Å². The third kappa shape index (κ3) is 4.94. The van der Waals surface area contributed by atoms with Gasteiger partial charge in [-0.1, -0.05) is 0 Å². The van der Waals surface area contributed by atoms with Crippen LogP contribution in [0.25, 0.3) is 0 Å². The third-order valence-electron chi connectivity index (χ3n) is 7.23. The molecule has 9 heteroatoms. The van der Waals surface area contributed by atoms with Gasteiger partial charge in [-0.2, -0.15) is 0 Å². The van der Waals surface area contributed by atoms with Gasteiger partial charge in [0.05, 0.1) is 42.6 Å². The minimum Gasteiger partial charge on any atom is -0.496 e. The topological polar surface area (TPSA) is 96.2 Å². The minimum absolute atomic E-state index is 0.0546. The van der Waals surface area contributed by atoms with E-state index in [0.29, 0.717) is 51.4 Å². The lowest BCUT2D eigenvalue weighted by molar-refractivity contribution is -0.142. The zero-order valence-corrected chi connectivity index (χ0v) is 22.7. The molecule has 1 fully saturated rings. The van der Waals surface area contributed by atoms with Crippen molar-refractivity contribution in [2.45, 2.75) is 50.5 Å². The second kappa shape index (κ2) is 10.8. The second-order valence-electron chi connectivity index (χ2n) is 9.49. The lowest BCUT2D eigenvalue weighted by Gasteiger charge is -2.36. The van der Waals surface area contributed by atoms with Crippen LogP contribution in [0.1, 0.15) is 55.8 Å². The van der Waals surface area contributed by atoms with Gasteiger partial charge < -0.3 is 28.7 Å². The smallest absolute Gasteiger partial charge is 0.336 e. The van der Waals surface area contributed by atoms with Gasteiger partial charge in [0.15, 0.2) is 5.78 Å². The molecule has 2 aliphatic heterocycles. The average molecular weight is 572 g/mol. The van der Waals surface area contributed by atoms with E-state index in [2.05, 4.69) is 21.2 Å². The largest absolute Gasteiger partial charge is 0.496 e. The van der Waals surface area contributed by atoms with Gasteiger partial charge in [0.1, 0.15) is 23.9 Å². The lowest BCUT2D eigenvalue weighted by Crippen LogP contribution is -2.36. The molecule has 0 radical (unpaired) electrons. The molecule has 3 aliphatic rings. The number of furan rings is 1. The molecule has 0 spiro atoms. The summed E-state index contributed by atoms with van der Waals surface area (Å²) < 4.78 is 29.0. The Kier molecular flexibility index (Phi) is 7.44. The number of esters is 1. The highest BCUT2D eigenvalue weighted by Gasteiger charge is 2.43. The number of carbonyl (C=O) groups excluding carboxylic acids is 2. The van der Waals surface area contributed by atoms with Crippen LogP contribution in [0.4, 0.5) is 0 Å². The molecule has 8 nitrogen and oxygen atoms in total. The molecular weight excluding hydrogens is 542 g/mol. The van der Waals surface area contributed by atoms with Gasteiger partial charge in [0.2, 0.25) is 0 Å². The molecule has 196 valence electrons. The first-order valence-electron chi connectivity index (χ1n) is 12.4. The summed E-state index contributed by atoms with van der Waals surface area (Å²) in [5.41, 5.74) is 2.99. The summed E-state index contributed by atoms with van der Waals surface area (Å²) >= 11 is 3.51. The Bertz CT molecular complexity index is 1260. The number of nitrogens with one attached hydrogen (secondary N) is 1. The van der Waals surface area contributed by atoms with Crippen LogP contribution in [0.15, 0.2) is 62.0 Å². The highest BCUT2D eigenvalue weighted by Crippen LogP contribution is 2.49. The number of halogens is 1. The predicted octanol–water partition coefficient (Wildman–Crippen LogP) is 5.14. The van der Waals surface area contributed by atoms with Gasteiger partial charge in [-0.3, -0.25) is 4.79 Å². The number of benzene rings is 1. The maximum Gasteiger partial charge on any atom is 0.336 e. The average Bonchev–Trinajstić information content (AvgIpc) is 3.61. The molecule has 0 saturated carbocycles. The summed E-state index contributed by atoms with van der Waals surface area (Å²) in [6, 6.07) is 7.33. The molecule has 0 bridgehead atoms. The highest BCUT2D eigenvalue weighted by molar-refractivity contribution is 9.10. The molecule has 1 aromatic heterocycles. The molecular formula is C28H30BrNO7. The van der Waals surface area contributed by atoms with Gasteiger partial charge in [-0.05, 0) is 66.4 Å². The van der Waals surface area contributed by atoms with Crippen molar-refractivity contribution in [2.75, 3.05) is 27.4 Å². The van der Waals surface area contributed by atoms with E-state index in [1.165, 1.54) is 0 Å². The molecule has 0 amide bonds. The Morgan fingerprint density at radius 1 is 1.19 bits per heavy atom. The Morgan fingerprint density at radius 3 is 2.68 bits per heavy atom. The molecule has 0 unspecified atom stereocenters. The molecule has 5 rings (SSSR count). The van der Waals surface area contributed by atoms with Crippen molar-refractivity contribution < 1.29 is 33.0 Å². The monoisotopic (exact) mass is 571 g/mol. The highest BCUT2D eigenvalue weighted by atomic mass is 79.9. The second-order valence-corrected chi connectivity index (χ2v) is 10.3. The standard InChI is InChI=1S/C28H30BrNO7/c1-15-25(28(32)37-14-17-6-4-8-35-17)26(18-12-24(34-3)19(29)13-23(18)33-2)27-20(30-15)10-16(11-21(27)31)22-7-5-9-36-22/h5,7,9,12-13,16-17,26,30H,4,6,8,10-11,14H2,1-3H3/t16-,17+,26-/m1/s1. The summed E-state index contributed by atoms with van der Waals surface area (Å²) in [5, 5.41) is 3.36. The van der Waals surface area contributed by atoms with E-state index < -0.39 is 11.9 Å². The van der Waals surface area contributed by atoms with E-state index in [4.69, 9.17) is 23.4 Å². The van der Waals surface area contributed by atoms with E-state index in [0.717, 1.165) is 24.3 Å². The third-order valence-corrected chi connectivity index (χ3v) is 7.85. The fraction of sp³-hybridized carbons (Fsp3) is 0.429. The summed E-state index contributed by atoms with van der Waals surface area (Å²) in [4.78, 5) is 27.4. The summed E-state index contributed by atoms with van der Waals surface area (Å²) in [6.07, 6.45) is 4.17. The van der Waals surface area contributed by atoms with Crippen LogP contribution in [-0.4, -0.2) is 45.3 Å². The summed E-state index contributed by atoms with van der Waals surface area (Å²) in [5.74, 6) is 0.557. The van der Waals surface area contributed by atoms with Crippen molar-refractivity contribution in [3.05, 3.63) is 68.9 Å². The molecule has 37 heavy (non-hydrogen) atoms. The number of allylic oxidation sites excluding steroid dienone is 3. The van der Waals surface area contributed by atoms with Crippen molar-refractivity contribution in [3.63, 3.8) is 0 Å². The normalized spacial score (nSPS) is 23.6. The number of dihydropyridines is 1. The van der Waals surface area contributed by atoms with Gasteiger partial charge >= 0.3 is 5.97 Å². The van der Waals surface area contributed by atoms with E-state index >= 15 is 0 Å². The van der Waals surface area contributed by atoms with E-state index in [1.807, 2.05) is 25.1 Å². The molecule has 1 N–H and O–H groups in total. The zero-order valence-electron chi connectivity index (χ0n) is 21.1. The van der Waals surface area contributed by atoms with Crippen LogP contribution in [0.3, 0.4) is 0 Å². The number of hydrogen-bond donors (Lipinski definition) is 1. The molecule has 1 aliphatic carbocycles. The van der Waals surface area contributed by atoms with Crippen molar-refractivity contribution >= 4 is 27.7 Å². The Balaban J connectivity index is 1.59. The maximum atomic E-state index is 13.8. The van der Waals surface area contributed by atoms with Gasteiger partial charge in [0, 0.05) is 41.5 Å². The Labute approximate surface area is 224 Å². The van der Waals surface area contributed by atoms with Crippen LogP contribution in [-0.2, 0) is 19.1 Å². The van der Waals surface area contributed by atoms with E-state index in [9.17, 15) is 9.59 Å². The van der Waals surface area contributed by atoms with E-state index in [1.54, 1.807) is 26.5 Å². The SMILES string of the molecule is COc1cc([C@@H]2C(C(=O)OC[C@@H]3CCCO3)=C(C)NC3=C2C(=O)C[C@H](c2ccco2)C3)c(OC)cc1Br. The van der Waals surface area contributed by atoms with Gasteiger partial charge in [-0.15, -0.1) is 0 Å². The predicted molar refractivity (Wildman–Crippen MR) is 138 cm³/mol. The Hall–Kier alpha value is -3.04. The van der Waals surface area contributed by atoms with Crippen LogP contribution in [0.2, 0.25) is 0 Å². The molecule has 3 atom stereocenters. The van der Waals surface area contributed by atoms with Crippen LogP contribution in [0.5, 0.6) is 11.5 Å². The minimum atomic E-state index is -0.685. The number of hydrogen-bond acceptors (Lipinski definition) is 8. The first-order valence-corrected chi connectivity index (χ1v) is 13.2. The van der Waals surface area contributed by atoms with Crippen LogP contribution < -0.4 is 14.8 Å². The number of rotatable bonds is 7. The maximum absolute atomic E-state index is 13.8. The van der Waals surface area contributed by atoms with Crippen molar-refractivity contribution in [3.8, 4) is 11.5 Å². The molecule has 3 heterocycles. The molecule has 2 aromatic rings. The number of methoxy groups -OCH3 is 2. The van der Waals surface area contributed by atoms with Crippen LogP contribution in [0, 0.1) is 0 Å². The lowest BCUT2D eigenvalue weighted by atomic mass is 9.72. The fourth-order valence-electron chi connectivity index (χ4n) is 5.48. The van der Waals surface area contributed by atoms with E-state index in [-0.39, 0.29) is 30.8 Å². The number of ketones is 1. The first-order chi connectivity index (χ1) is 17.9. The van der Waals surface area contributed by atoms with Gasteiger partial charge in [-0.25, -0.2) is 4.79 Å². The van der Waals surface area contributed by atoms with Crippen LogP contribution >= 0.6 is 15.9 Å². The summed E-state index contributed by atoms with van der Waals surface area (Å²) in [6.45, 7) is 2.68. The fourth-order valence-corrected chi connectivity index (χ4v) is 5.96. The number of carbonyl (C=O) groups is 2. The number of ether oxygens (including phenoxy) is 4. The first kappa shape index (κ1) is 25.6. The van der Waals surface area contributed by atoms with Crippen molar-refractivity contribution in [1.82, 2.24) is 5.32 Å². The zero-order chi connectivity index (χ0) is 26.1. The Morgan fingerprint density at radius 2 is 2.00 bits per heavy atom. The van der Waals surface area contributed by atoms with Gasteiger partial charge in [0.25, 0.3) is 0 Å². The summed E-state index contributed by atoms with van der Waals surface area (Å²) in [7, 11) is 3.14. The number of Topliss-reactive ketones (excluding diaryl/α,β-unsaturated/α-hetero) is 1. The van der Waals surface area contributed by atoms with Crippen molar-refractivity contribution in [2.24, 2.45) is 0 Å².